The average Bonchev–Trinajstić information content (AvgIpc) is 3.60. The smallest absolute Gasteiger partial charge is 0.276 e. The van der Waals surface area contributed by atoms with Crippen molar-refractivity contribution < 1.29 is 18.0 Å². The predicted molar refractivity (Wildman–Crippen MR) is 137 cm³/mol. The summed E-state index contributed by atoms with van der Waals surface area (Å²) in [7, 11) is -3.89. The van der Waals surface area contributed by atoms with Crippen LogP contribution in [0.5, 0.6) is 0 Å². The molecule has 0 atom stereocenters. The Morgan fingerprint density at radius 1 is 1.03 bits per heavy atom. The number of carbonyl (C=O) groups is 1. The van der Waals surface area contributed by atoms with Crippen molar-refractivity contribution in [3.8, 4) is 0 Å². The molecule has 1 saturated carbocycles. The van der Waals surface area contributed by atoms with E-state index < -0.39 is 15.9 Å². The summed E-state index contributed by atoms with van der Waals surface area (Å²) in [6.45, 7) is 0.449. The molecule has 3 N–H and O–H groups in total. The molecule has 1 amide bonds. The Hall–Kier alpha value is -2.34. The van der Waals surface area contributed by atoms with E-state index in [-0.39, 0.29) is 16.1 Å². The standard InChI is InChI=1S/C23H21ClIN3O4S/c24-20-12-16(25)8-11-21(20)26-22-13-18(33(30,31)28-17-4-2-1-3-5-17)9-10-19(22)23(29)27-32-14-15-6-7-15/h1-5,8-13,15,26,28H,6-7,14H2,(H,27,29). The maximum Gasteiger partial charge on any atom is 0.276 e. The summed E-state index contributed by atoms with van der Waals surface area (Å²) in [5.74, 6) is -0.00942. The molecule has 0 bridgehead atoms. The quantitative estimate of drug-likeness (QED) is 0.222. The zero-order valence-corrected chi connectivity index (χ0v) is 21.1. The van der Waals surface area contributed by atoms with Gasteiger partial charge in [0.15, 0.2) is 0 Å². The molecule has 1 aliphatic carbocycles. The van der Waals surface area contributed by atoms with E-state index in [0.717, 1.165) is 16.4 Å². The van der Waals surface area contributed by atoms with Crippen molar-refractivity contribution in [1.29, 1.82) is 0 Å². The summed E-state index contributed by atoms with van der Waals surface area (Å²) < 4.78 is 29.4. The fraction of sp³-hybridized carbons (Fsp3) is 0.174. The Kier molecular flexibility index (Phi) is 7.42. The van der Waals surface area contributed by atoms with Gasteiger partial charge in [-0.3, -0.25) is 14.4 Å². The number of hydrogen-bond donors (Lipinski definition) is 3. The number of benzene rings is 3. The third kappa shape index (κ3) is 6.38. The van der Waals surface area contributed by atoms with Crippen LogP contribution in [-0.2, 0) is 14.9 Å². The van der Waals surface area contributed by atoms with Crippen molar-refractivity contribution in [3.05, 3.63) is 80.9 Å². The van der Waals surface area contributed by atoms with Gasteiger partial charge in [0.1, 0.15) is 0 Å². The largest absolute Gasteiger partial charge is 0.354 e. The number of anilines is 3. The van der Waals surface area contributed by atoms with Gasteiger partial charge in [-0.2, -0.15) is 0 Å². The third-order valence-electron chi connectivity index (χ3n) is 4.95. The second-order valence-electron chi connectivity index (χ2n) is 7.61. The van der Waals surface area contributed by atoms with Crippen LogP contribution >= 0.6 is 34.2 Å². The SMILES string of the molecule is O=C(NOCC1CC1)c1ccc(S(=O)(=O)Nc2ccccc2)cc1Nc1ccc(I)cc1Cl. The van der Waals surface area contributed by atoms with Gasteiger partial charge in [0.2, 0.25) is 0 Å². The molecule has 1 fully saturated rings. The number of halogens is 2. The van der Waals surface area contributed by atoms with Gasteiger partial charge in [-0.25, -0.2) is 13.9 Å². The molecule has 0 spiro atoms. The summed E-state index contributed by atoms with van der Waals surface area (Å²) in [4.78, 5) is 18.1. The van der Waals surface area contributed by atoms with E-state index in [4.69, 9.17) is 16.4 Å². The summed E-state index contributed by atoms with van der Waals surface area (Å²) in [6, 6.07) is 18.2. The molecule has 4 rings (SSSR count). The predicted octanol–water partition coefficient (Wildman–Crippen LogP) is 5.56. The molecule has 7 nitrogen and oxygen atoms in total. The molecule has 0 aromatic heterocycles. The molecule has 10 heteroatoms. The molecule has 3 aromatic carbocycles. The minimum atomic E-state index is -3.89. The van der Waals surface area contributed by atoms with Crippen LogP contribution in [0.15, 0.2) is 71.6 Å². The Morgan fingerprint density at radius 2 is 1.79 bits per heavy atom. The molecule has 0 heterocycles. The van der Waals surface area contributed by atoms with Crippen molar-refractivity contribution in [3.63, 3.8) is 0 Å². The first-order valence-electron chi connectivity index (χ1n) is 10.2. The van der Waals surface area contributed by atoms with Crippen LogP contribution in [0.1, 0.15) is 23.2 Å². The highest BCUT2D eigenvalue weighted by atomic mass is 127. The van der Waals surface area contributed by atoms with Crippen molar-refractivity contribution in [2.75, 3.05) is 16.6 Å². The van der Waals surface area contributed by atoms with E-state index in [9.17, 15) is 13.2 Å². The lowest BCUT2D eigenvalue weighted by Gasteiger charge is -2.16. The number of sulfonamides is 1. The van der Waals surface area contributed by atoms with Gasteiger partial charge in [-0.05, 0) is 89.9 Å². The van der Waals surface area contributed by atoms with E-state index in [1.807, 2.05) is 6.07 Å². The molecule has 1 aliphatic rings. The first kappa shape index (κ1) is 23.8. The average molecular weight is 598 g/mol. The van der Waals surface area contributed by atoms with E-state index in [0.29, 0.717) is 28.9 Å². The fourth-order valence-electron chi connectivity index (χ4n) is 3.01. The van der Waals surface area contributed by atoms with Gasteiger partial charge in [-0.1, -0.05) is 29.8 Å². The number of nitrogens with one attached hydrogen (secondary N) is 3. The molecule has 0 saturated heterocycles. The second-order valence-corrected chi connectivity index (χ2v) is 10.9. The molecular formula is C23H21ClIN3O4S. The maximum atomic E-state index is 13.0. The zero-order chi connectivity index (χ0) is 23.4. The molecular weight excluding hydrogens is 577 g/mol. The van der Waals surface area contributed by atoms with Crippen LogP contribution in [0.4, 0.5) is 17.1 Å². The molecule has 3 aromatic rings. The van der Waals surface area contributed by atoms with Crippen molar-refractivity contribution in [2.24, 2.45) is 5.92 Å². The monoisotopic (exact) mass is 597 g/mol. The molecule has 0 radical (unpaired) electrons. The minimum absolute atomic E-state index is 0.00839. The first-order valence-corrected chi connectivity index (χ1v) is 13.1. The van der Waals surface area contributed by atoms with Gasteiger partial charge in [0.05, 0.1) is 33.5 Å². The van der Waals surface area contributed by atoms with Crippen molar-refractivity contribution >= 4 is 67.2 Å². The molecule has 0 aliphatic heterocycles. The Morgan fingerprint density at radius 3 is 2.48 bits per heavy atom. The highest BCUT2D eigenvalue weighted by Crippen LogP contribution is 2.31. The fourth-order valence-corrected chi connectivity index (χ4v) is 5.00. The molecule has 0 unspecified atom stereocenters. The van der Waals surface area contributed by atoms with Gasteiger partial charge in [0, 0.05) is 9.26 Å². The third-order valence-corrected chi connectivity index (χ3v) is 7.32. The Bertz CT molecular complexity index is 1270. The van der Waals surface area contributed by atoms with Crippen molar-refractivity contribution in [2.45, 2.75) is 17.7 Å². The summed E-state index contributed by atoms with van der Waals surface area (Å²) in [6.07, 6.45) is 2.18. The molecule has 172 valence electrons. The van der Waals surface area contributed by atoms with Crippen LogP contribution in [-0.4, -0.2) is 20.9 Å². The summed E-state index contributed by atoms with van der Waals surface area (Å²) >= 11 is 8.49. The number of hydroxylamine groups is 1. The van der Waals surface area contributed by atoms with Gasteiger partial charge in [-0.15, -0.1) is 0 Å². The van der Waals surface area contributed by atoms with Crippen molar-refractivity contribution in [1.82, 2.24) is 5.48 Å². The Balaban J connectivity index is 1.64. The number of carbonyl (C=O) groups excluding carboxylic acids is 1. The van der Waals surface area contributed by atoms with Crippen LogP contribution in [0.3, 0.4) is 0 Å². The van der Waals surface area contributed by atoms with Gasteiger partial charge in [0.25, 0.3) is 15.9 Å². The molecule has 33 heavy (non-hydrogen) atoms. The first-order chi connectivity index (χ1) is 15.8. The number of amides is 1. The van der Waals surface area contributed by atoms with E-state index >= 15 is 0 Å². The van der Waals surface area contributed by atoms with Crippen LogP contribution < -0.4 is 15.5 Å². The summed E-state index contributed by atoms with van der Waals surface area (Å²) in [5.41, 5.74) is 3.91. The lowest BCUT2D eigenvalue weighted by Crippen LogP contribution is -2.25. The lowest BCUT2D eigenvalue weighted by molar-refractivity contribution is 0.0271. The number of rotatable bonds is 9. The summed E-state index contributed by atoms with van der Waals surface area (Å²) in [5, 5.41) is 3.53. The highest BCUT2D eigenvalue weighted by molar-refractivity contribution is 14.1. The minimum Gasteiger partial charge on any atom is -0.354 e. The number of hydrogen-bond acceptors (Lipinski definition) is 5. The Labute approximate surface area is 211 Å². The lowest BCUT2D eigenvalue weighted by atomic mass is 10.1. The van der Waals surface area contributed by atoms with E-state index in [2.05, 4.69) is 38.1 Å². The topological polar surface area (TPSA) is 96.5 Å². The van der Waals surface area contributed by atoms with Gasteiger partial charge >= 0.3 is 0 Å². The number of para-hydroxylation sites is 1. The van der Waals surface area contributed by atoms with Gasteiger partial charge < -0.3 is 5.32 Å². The highest BCUT2D eigenvalue weighted by Gasteiger charge is 2.23. The second kappa shape index (κ2) is 10.3. The van der Waals surface area contributed by atoms with Crippen LogP contribution in [0, 0.1) is 9.49 Å². The normalized spacial score (nSPS) is 13.4. The van der Waals surface area contributed by atoms with Crippen LogP contribution in [0.25, 0.3) is 0 Å². The van der Waals surface area contributed by atoms with E-state index in [1.54, 1.807) is 42.5 Å². The van der Waals surface area contributed by atoms with Crippen LogP contribution in [0.2, 0.25) is 5.02 Å². The van der Waals surface area contributed by atoms with E-state index in [1.165, 1.54) is 18.2 Å². The maximum absolute atomic E-state index is 13.0. The zero-order valence-electron chi connectivity index (χ0n) is 17.3.